The molecule has 72 valence electrons. The number of rotatable bonds is 6. The van der Waals surface area contributed by atoms with Crippen molar-refractivity contribution in [1.82, 2.24) is 5.32 Å². The molecule has 0 saturated carbocycles. The van der Waals surface area contributed by atoms with Crippen LogP contribution in [-0.4, -0.2) is 24.2 Å². The van der Waals surface area contributed by atoms with E-state index >= 15 is 0 Å². The minimum Gasteiger partial charge on any atom is -0.478 e. The van der Waals surface area contributed by atoms with E-state index in [0.717, 1.165) is 19.4 Å². The first kappa shape index (κ1) is 11.7. The monoisotopic (exact) mass is 181 g/mol. The summed E-state index contributed by atoms with van der Waals surface area (Å²) in [7, 11) is 0. The van der Waals surface area contributed by atoms with Crippen molar-refractivity contribution in [2.45, 2.75) is 19.8 Å². The highest BCUT2D eigenvalue weighted by molar-refractivity contribution is 5.85. The highest BCUT2D eigenvalue weighted by Gasteiger charge is 1.96. The molecule has 0 aliphatic carbocycles. The Balaban J connectivity index is 3.40. The van der Waals surface area contributed by atoms with Gasteiger partial charge in [0.1, 0.15) is 0 Å². The van der Waals surface area contributed by atoms with E-state index in [1.807, 2.05) is 0 Å². The van der Waals surface area contributed by atoms with Crippen LogP contribution in [0.5, 0.6) is 0 Å². The second-order valence-corrected chi connectivity index (χ2v) is 2.70. The molecule has 13 heavy (non-hydrogen) atoms. The van der Waals surface area contributed by atoms with Gasteiger partial charge in [0, 0.05) is 18.5 Å². The van der Waals surface area contributed by atoms with E-state index in [-0.39, 0.29) is 0 Å². The van der Waals surface area contributed by atoms with Crippen molar-refractivity contribution in [3.05, 3.63) is 11.6 Å². The molecule has 2 N–H and O–H groups in total. The van der Waals surface area contributed by atoms with Crippen molar-refractivity contribution in [2.24, 2.45) is 0 Å². The van der Waals surface area contributed by atoms with Crippen LogP contribution in [0.4, 0.5) is 0 Å². The quantitative estimate of drug-likeness (QED) is 0.365. The fourth-order valence-electron chi connectivity index (χ4n) is 0.730. The van der Waals surface area contributed by atoms with E-state index in [4.69, 9.17) is 11.5 Å². The average molecular weight is 181 g/mol. The van der Waals surface area contributed by atoms with Crippen LogP contribution in [0.1, 0.15) is 19.8 Å². The van der Waals surface area contributed by atoms with Gasteiger partial charge in [0.15, 0.2) is 0 Å². The number of aliphatic carboxylic acids is 1. The Kier molecular flexibility index (Phi) is 6.66. The third-order valence-electron chi connectivity index (χ3n) is 1.56. The largest absolute Gasteiger partial charge is 0.478 e. The molecule has 0 unspecified atom stereocenters. The summed E-state index contributed by atoms with van der Waals surface area (Å²) in [5, 5.41) is 11.6. The van der Waals surface area contributed by atoms with Gasteiger partial charge in [0.2, 0.25) is 0 Å². The molecule has 0 aliphatic rings. The smallest absolute Gasteiger partial charge is 0.330 e. The highest BCUT2D eigenvalue weighted by Crippen LogP contribution is 1.90. The Bertz CT molecular complexity index is 226. The van der Waals surface area contributed by atoms with Gasteiger partial charge in [-0.3, -0.25) is 0 Å². The van der Waals surface area contributed by atoms with Crippen molar-refractivity contribution in [2.75, 3.05) is 13.1 Å². The van der Waals surface area contributed by atoms with Crippen molar-refractivity contribution >= 4 is 5.97 Å². The average Bonchev–Trinajstić information content (AvgIpc) is 2.10. The number of nitrogens with one attached hydrogen (secondary N) is 1. The maximum atomic E-state index is 10.3. The predicted octanol–water partition coefficient (Wildman–Crippen LogP) is 1.02. The predicted molar refractivity (Wildman–Crippen MR) is 52.3 cm³/mol. The molecule has 3 nitrogen and oxygen atoms in total. The minimum atomic E-state index is -0.870. The summed E-state index contributed by atoms with van der Waals surface area (Å²) >= 11 is 0. The maximum absolute atomic E-state index is 10.3. The summed E-state index contributed by atoms with van der Waals surface area (Å²) in [5.41, 5.74) is 0.365. The summed E-state index contributed by atoms with van der Waals surface area (Å²) in [4.78, 5) is 10.3. The van der Waals surface area contributed by atoms with Crippen LogP contribution in [0.2, 0.25) is 0 Å². The SMILES string of the molecule is C#CCCCNCC=C(C)C(=O)O. The third-order valence-corrected chi connectivity index (χ3v) is 1.56. The topological polar surface area (TPSA) is 49.3 Å². The Morgan fingerprint density at radius 1 is 1.69 bits per heavy atom. The lowest BCUT2D eigenvalue weighted by molar-refractivity contribution is -0.132. The number of carboxylic acids is 1. The molecular formula is C10H15NO2. The first-order valence-electron chi connectivity index (χ1n) is 4.22. The van der Waals surface area contributed by atoms with Gasteiger partial charge in [-0.25, -0.2) is 4.79 Å². The molecule has 0 heterocycles. The zero-order valence-corrected chi connectivity index (χ0v) is 7.84. The molecule has 0 saturated heterocycles. The van der Waals surface area contributed by atoms with Gasteiger partial charge in [0.05, 0.1) is 0 Å². The Labute approximate surface area is 78.8 Å². The summed E-state index contributed by atoms with van der Waals surface area (Å²) in [5.74, 6) is 1.67. The second kappa shape index (κ2) is 7.38. The summed E-state index contributed by atoms with van der Waals surface area (Å²) in [6.45, 7) is 2.99. The first-order valence-corrected chi connectivity index (χ1v) is 4.22. The van der Waals surface area contributed by atoms with Gasteiger partial charge in [-0.05, 0) is 19.9 Å². The van der Waals surface area contributed by atoms with Gasteiger partial charge in [-0.1, -0.05) is 6.08 Å². The molecule has 0 rings (SSSR count). The Morgan fingerprint density at radius 3 is 2.92 bits per heavy atom. The fraction of sp³-hybridized carbons (Fsp3) is 0.500. The molecule has 0 bridgehead atoms. The highest BCUT2D eigenvalue weighted by atomic mass is 16.4. The molecule has 3 heteroatoms. The number of terminal acetylenes is 1. The minimum absolute atomic E-state index is 0.365. The molecule has 0 aromatic carbocycles. The van der Waals surface area contributed by atoms with Gasteiger partial charge in [-0.15, -0.1) is 12.3 Å². The zero-order valence-electron chi connectivity index (χ0n) is 7.84. The lowest BCUT2D eigenvalue weighted by Crippen LogP contribution is -2.15. The van der Waals surface area contributed by atoms with Crippen molar-refractivity contribution in [3.8, 4) is 12.3 Å². The van der Waals surface area contributed by atoms with Crippen LogP contribution in [-0.2, 0) is 4.79 Å². The molecule has 0 spiro atoms. The van der Waals surface area contributed by atoms with E-state index < -0.39 is 5.97 Å². The lowest BCUT2D eigenvalue weighted by atomic mass is 10.3. The van der Waals surface area contributed by atoms with Crippen LogP contribution < -0.4 is 5.32 Å². The van der Waals surface area contributed by atoms with Gasteiger partial charge >= 0.3 is 5.97 Å². The molecule has 0 aromatic rings. The number of carboxylic acid groups (broad SMARTS) is 1. The van der Waals surface area contributed by atoms with Crippen LogP contribution in [0.15, 0.2) is 11.6 Å². The number of hydrogen-bond acceptors (Lipinski definition) is 2. The lowest BCUT2D eigenvalue weighted by Gasteiger charge is -1.98. The zero-order chi connectivity index (χ0) is 10.1. The van der Waals surface area contributed by atoms with Crippen LogP contribution >= 0.6 is 0 Å². The number of hydrogen-bond donors (Lipinski definition) is 2. The number of carbonyl (C=O) groups is 1. The van der Waals surface area contributed by atoms with Crippen LogP contribution in [0, 0.1) is 12.3 Å². The fourth-order valence-corrected chi connectivity index (χ4v) is 0.730. The number of unbranched alkanes of at least 4 members (excludes halogenated alkanes) is 1. The van der Waals surface area contributed by atoms with Gasteiger partial charge in [-0.2, -0.15) is 0 Å². The molecule has 0 atom stereocenters. The second-order valence-electron chi connectivity index (χ2n) is 2.70. The van der Waals surface area contributed by atoms with Crippen molar-refractivity contribution in [1.29, 1.82) is 0 Å². The normalized spacial score (nSPS) is 10.9. The van der Waals surface area contributed by atoms with E-state index in [1.54, 1.807) is 13.0 Å². The Hall–Kier alpha value is -1.27. The van der Waals surface area contributed by atoms with E-state index in [0.29, 0.717) is 12.1 Å². The summed E-state index contributed by atoms with van der Waals surface area (Å²) in [6.07, 6.45) is 8.40. The van der Waals surface area contributed by atoms with Gasteiger partial charge < -0.3 is 10.4 Å². The molecule has 0 radical (unpaired) electrons. The molecule has 0 aromatic heterocycles. The van der Waals surface area contributed by atoms with Gasteiger partial charge in [0.25, 0.3) is 0 Å². The van der Waals surface area contributed by atoms with Crippen LogP contribution in [0.25, 0.3) is 0 Å². The molecule has 0 fully saturated rings. The van der Waals surface area contributed by atoms with E-state index in [9.17, 15) is 4.79 Å². The van der Waals surface area contributed by atoms with E-state index in [2.05, 4.69) is 11.2 Å². The van der Waals surface area contributed by atoms with Crippen molar-refractivity contribution < 1.29 is 9.90 Å². The molecule has 0 aliphatic heterocycles. The first-order chi connectivity index (χ1) is 6.18. The standard InChI is InChI=1S/C10H15NO2/c1-3-4-5-7-11-8-6-9(2)10(12)13/h1,6,11H,4-5,7-8H2,2H3,(H,12,13). The van der Waals surface area contributed by atoms with Crippen molar-refractivity contribution in [3.63, 3.8) is 0 Å². The molecule has 0 amide bonds. The maximum Gasteiger partial charge on any atom is 0.330 e. The van der Waals surface area contributed by atoms with E-state index in [1.165, 1.54) is 0 Å². The molecular weight excluding hydrogens is 166 g/mol. The summed E-state index contributed by atoms with van der Waals surface area (Å²) < 4.78 is 0. The third kappa shape index (κ3) is 7.10. The summed E-state index contributed by atoms with van der Waals surface area (Å²) in [6, 6.07) is 0. The van der Waals surface area contributed by atoms with Crippen LogP contribution in [0.3, 0.4) is 0 Å². The Morgan fingerprint density at radius 2 is 2.38 bits per heavy atom.